The number of rotatable bonds is 7. The molecule has 29 heavy (non-hydrogen) atoms. The van der Waals surface area contributed by atoms with E-state index in [-0.39, 0.29) is 23.7 Å². The Morgan fingerprint density at radius 1 is 1.10 bits per heavy atom. The van der Waals surface area contributed by atoms with Gasteiger partial charge in [-0.25, -0.2) is 4.68 Å². The van der Waals surface area contributed by atoms with Crippen molar-refractivity contribution in [3.05, 3.63) is 66.0 Å². The Morgan fingerprint density at radius 2 is 1.79 bits per heavy atom. The molecule has 3 aromatic rings. The molecule has 2 aromatic carbocycles. The van der Waals surface area contributed by atoms with E-state index >= 15 is 0 Å². The van der Waals surface area contributed by atoms with Crippen molar-refractivity contribution in [3.63, 3.8) is 0 Å². The predicted molar refractivity (Wildman–Crippen MR) is 115 cm³/mol. The summed E-state index contributed by atoms with van der Waals surface area (Å²) in [6.45, 7) is 6.69. The Bertz CT molecular complexity index is 949. The van der Waals surface area contributed by atoms with Gasteiger partial charge in [-0.05, 0) is 35.2 Å². The average Bonchev–Trinajstić information content (AvgIpc) is 3.05. The van der Waals surface area contributed by atoms with Crippen molar-refractivity contribution in [2.24, 2.45) is 0 Å². The smallest absolute Gasteiger partial charge is 0.234 e. The second-order valence-electron chi connectivity index (χ2n) is 7.53. The van der Waals surface area contributed by atoms with Crippen molar-refractivity contribution in [2.75, 3.05) is 16.9 Å². The molecule has 1 amide bonds. The number of benzene rings is 2. The number of carbonyl (C=O) groups is 1. The summed E-state index contributed by atoms with van der Waals surface area (Å²) >= 11 is 1.22. The molecule has 0 spiro atoms. The first-order chi connectivity index (χ1) is 13.8. The Labute approximate surface area is 174 Å². The predicted octanol–water partition coefficient (Wildman–Crippen LogP) is 3.60. The number of hydrogen-bond acceptors (Lipinski definition) is 6. The van der Waals surface area contributed by atoms with Gasteiger partial charge in [0.05, 0.1) is 5.75 Å². The van der Waals surface area contributed by atoms with Crippen LogP contribution in [-0.2, 0) is 16.8 Å². The van der Waals surface area contributed by atoms with Gasteiger partial charge in [0.15, 0.2) is 5.82 Å². The summed E-state index contributed by atoms with van der Waals surface area (Å²) < 4.78 is 7.12. The average molecular weight is 412 g/mol. The number of carbonyl (C=O) groups excluding carboxylic acids is 1. The highest BCUT2D eigenvalue weighted by Gasteiger charge is 2.15. The maximum atomic E-state index is 12.1. The molecule has 8 heteroatoms. The van der Waals surface area contributed by atoms with Gasteiger partial charge >= 0.3 is 0 Å². The van der Waals surface area contributed by atoms with Gasteiger partial charge in [-0.15, -0.1) is 10.2 Å². The Kier molecular flexibility index (Phi) is 6.43. The highest BCUT2D eigenvalue weighted by atomic mass is 32.2. The summed E-state index contributed by atoms with van der Waals surface area (Å²) in [5.41, 5.74) is 2.08. The lowest BCUT2D eigenvalue weighted by Crippen LogP contribution is -2.18. The zero-order valence-electron chi connectivity index (χ0n) is 16.8. The summed E-state index contributed by atoms with van der Waals surface area (Å²) in [6, 6.07) is 17.2. The Hall–Kier alpha value is -3.00. The van der Waals surface area contributed by atoms with Gasteiger partial charge in [-0.3, -0.25) is 4.79 Å². The third kappa shape index (κ3) is 5.74. The number of aromatic nitrogens is 3. The third-order valence-corrected chi connectivity index (χ3v) is 5.16. The van der Waals surface area contributed by atoms with Gasteiger partial charge in [-0.1, -0.05) is 62.9 Å². The molecule has 3 N–H and O–H groups in total. The topological polar surface area (TPSA) is 95.1 Å². The normalized spacial score (nSPS) is 11.3. The molecule has 0 atom stereocenters. The van der Waals surface area contributed by atoms with E-state index < -0.39 is 0 Å². The summed E-state index contributed by atoms with van der Waals surface area (Å²) in [5.74, 6) is 7.30. The monoisotopic (exact) mass is 411 g/mol. The fourth-order valence-electron chi connectivity index (χ4n) is 2.55. The summed E-state index contributed by atoms with van der Waals surface area (Å²) in [4.78, 5) is 12.1. The van der Waals surface area contributed by atoms with Crippen LogP contribution in [0.3, 0.4) is 0 Å². The van der Waals surface area contributed by atoms with Crippen LogP contribution < -0.4 is 15.9 Å². The van der Waals surface area contributed by atoms with Crippen LogP contribution in [0.25, 0.3) is 0 Å². The largest absolute Gasteiger partial charge is 0.486 e. The van der Waals surface area contributed by atoms with Crippen molar-refractivity contribution < 1.29 is 9.53 Å². The number of ether oxygens (including phenoxy) is 1. The SMILES string of the molecule is CC(C)(C)c1ccc(OCc2nnc(SCC(=O)Nc3ccccc3)n2N)cc1. The van der Waals surface area contributed by atoms with Crippen LogP contribution in [0.15, 0.2) is 59.8 Å². The van der Waals surface area contributed by atoms with Crippen LogP contribution in [-0.4, -0.2) is 26.5 Å². The van der Waals surface area contributed by atoms with Crippen molar-refractivity contribution >= 4 is 23.4 Å². The van der Waals surface area contributed by atoms with Gasteiger partial charge in [0.1, 0.15) is 12.4 Å². The minimum atomic E-state index is -0.138. The van der Waals surface area contributed by atoms with E-state index in [1.54, 1.807) is 0 Å². The first-order valence-electron chi connectivity index (χ1n) is 9.23. The Morgan fingerprint density at radius 3 is 2.45 bits per heavy atom. The molecular weight excluding hydrogens is 386 g/mol. The van der Waals surface area contributed by atoms with Crippen LogP contribution in [0.5, 0.6) is 5.75 Å². The molecule has 0 aliphatic rings. The van der Waals surface area contributed by atoms with Crippen LogP contribution in [0.1, 0.15) is 32.2 Å². The van der Waals surface area contributed by atoms with Gasteiger partial charge in [-0.2, -0.15) is 0 Å². The Balaban J connectivity index is 1.52. The molecule has 0 saturated heterocycles. The number of nitrogens with two attached hydrogens (primary N) is 1. The fraction of sp³-hybridized carbons (Fsp3) is 0.286. The molecule has 0 unspecified atom stereocenters. The zero-order chi connectivity index (χ0) is 20.9. The van der Waals surface area contributed by atoms with Gasteiger partial charge in [0.25, 0.3) is 0 Å². The molecule has 0 bridgehead atoms. The fourth-order valence-corrected chi connectivity index (χ4v) is 3.23. The van der Waals surface area contributed by atoms with E-state index in [2.05, 4.69) is 48.4 Å². The minimum Gasteiger partial charge on any atom is -0.486 e. The van der Waals surface area contributed by atoms with Crippen molar-refractivity contribution in [1.29, 1.82) is 0 Å². The van der Waals surface area contributed by atoms with E-state index in [0.29, 0.717) is 11.0 Å². The number of nitrogen functional groups attached to an aromatic ring is 1. The number of anilines is 1. The summed E-state index contributed by atoms with van der Waals surface area (Å²) in [5, 5.41) is 11.4. The number of nitrogens with zero attached hydrogens (tertiary/aromatic N) is 3. The number of nitrogens with one attached hydrogen (secondary N) is 1. The molecule has 7 nitrogen and oxygen atoms in total. The molecule has 1 aromatic heterocycles. The standard InChI is InChI=1S/C21H25N5O2S/c1-21(2,3)15-9-11-17(12-10-15)28-13-18-24-25-20(26(18)22)29-14-19(27)23-16-7-5-4-6-8-16/h4-12H,13-14,22H2,1-3H3,(H,23,27). The molecule has 0 saturated carbocycles. The lowest BCUT2D eigenvalue weighted by Gasteiger charge is -2.19. The van der Waals surface area contributed by atoms with Crippen molar-refractivity contribution in [3.8, 4) is 5.75 Å². The van der Waals surface area contributed by atoms with Crippen molar-refractivity contribution in [2.45, 2.75) is 37.9 Å². The first kappa shape index (κ1) is 20.7. The molecule has 0 radical (unpaired) electrons. The van der Waals surface area contributed by atoms with E-state index in [9.17, 15) is 4.79 Å². The lowest BCUT2D eigenvalue weighted by molar-refractivity contribution is -0.113. The second kappa shape index (κ2) is 9.00. The van der Waals surface area contributed by atoms with Gasteiger partial charge in [0.2, 0.25) is 11.1 Å². The van der Waals surface area contributed by atoms with Crippen molar-refractivity contribution in [1.82, 2.24) is 14.9 Å². The number of thioether (sulfide) groups is 1. The maximum absolute atomic E-state index is 12.1. The van der Waals surface area contributed by atoms with E-state index in [0.717, 1.165) is 11.4 Å². The molecule has 1 heterocycles. The van der Waals surface area contributed by atoms with Crippen LogP contribution in [0.2, 0.25) is 0 Å². The molecule has 0 aliphatic carbocycles. The van der Waals surface area contributed by atoms with Crippen LogP contribution >= 0.6 is 11.8 Å². The quantitative estimate of drug-likeness (QED) is 0.456. The van der Waals surface area contributed by atoms with E-state index in [1.165, 1.54) is 22.0 Å². The van der Waals surface area contributed by atoms with E-state index in [4.69, 9.17) is 10.6 Å². The highest BCUT2D eigenvalue weighted by Crippen LogP contribution is 2.24. The van der Waals surface area contributed by atoms with Crippen LogP contribution in [0.4, 0.5) is 5.69 Å². The second-order valence-corrected chi connectivity index (χ2v) is 8.48. The van der Waals surface area contributed by atoms with Gasteiger partial charge < -0.3 is 15.9 Å². The zero-order valence-corrected chi connectivity index (χ0v) is 17.6. The summed E-state index contributed by atoms with van der Waals surface area (Å²) in [6.07, 6.45) is 0. The first-order valence-corrected chi connectivity index (χ1v) is 10.2. The highest BCUT2D eigenvalue weighted by molar-refractivity contribution is 7.99. The molecule has 152 valence electrons. The maximum Gasteiger partial charge on any atom is 0.234 e. The van der Waals surface area contributed by atoms with Gasteiger partial charge in [0, 0.05) is 5.69 Å². The van der Waals surface area contributed by atoms with Crippen LogP contribution in [0, 0.1) is 0 Å². The molecule has 0 fully saturated rings. The number of amides is 1. The summed E-state index contributed by atoms with van der Waals surface area (Å²) in [7, 11) is 0. The number of hydrogen-bond donors (Lipinski definition) is 2. The lowest BCUT2D eigenvalue weighted by atomic mass is 9.87. The number of para-hydroxylation sites is 1. The van der Waals surface area contributed by atoms with E-state index in [1.807, 2.05) is 42.5 Å². The molecule has 0 aliphatic heterocycles. The minimum absolute atomic E-state index is 0.0922. The molecular formula is C21H25N5O2S. The molecule has 3 rings (SSSR count). The third-order valence-electron chi connectivity index (χ3n) is 4.21.